The number of hydrogen-bond donors (Lipinski definition) is 1. The van der Waals surface area contributed by atoms with Gasteiger partial charge < -0.3 is 5.32 Å². The van der Waals surface area contributed by atoms with Gasteiger partial charge in [0.05, 0.1) is 0 Å². The van der Waals surface area contributed by atoms with E-state index in [-0.39, 0.29) is 0 Å². The van der Waals surface area contributed by atoms with Crippen LogP contribution in [0.1, 0.15) is 57.2 Å². The molecule has 0 amide bonds. The van der Waals surface area contributed by atoms with Crippen molar-refractivity contribution in [3.63, 3.8) is 0 Å². The van der Waals surface area contributed by atoms with E-state index in [1.807, 2.05) is 0 Å². The molecule has 1 aromatic carbocycles. The first-order chi connectivity index (χ1) is 9.21. The summed E-state index contributed by atoms with van der Waals surface area (Å²) >= 11 is 6.36. The van der Waals surface area contributed by atoms with Gasteiger partial charge in [-0.1, -0.05) is 45.4 Å². The summed E-state index contributed by atoms with van der Waals surface area (Å²) in [7, 11) is 0. The third-order valence-electron chi connectivity index (χ3n) is 4.09. The Morgan fingerprint density at radius 2 is 1.70 bits per heavy atom. The number of halogens is 1. The van der Waals surface area contributed by atoms with E-state index in [9.17, 15) is 0 Å². The van der Waals surface area contributed by atoms with Crippen LogP contribution in [0.3, 0.4) is 0 Å². The van der Waals surface area contributed by atoms with Gasteiger partial charge in [-0.3, -0.25) is 0 Å². The monoisotopic (exact) mass is 295 g/mol. The Balaban J connectivity index is 2.55. The molecule has 0 radical (unpaired) electrons. The Morgan fingerprint density at radius 3 is 2.30 bits per heavy atom. The van der Waals surface area contributed by atoms with Gasteiger partial charge in [-0.2, -0.15) is 0 Å². The first-order valence-corrected chi connectivity index (χ1v) is 8.08. The van der Waals surface area contributed by atoms with Gasteiger partial charge in [0.1, 0.15) is 0 Å². The Bertz CT molecular complexity index is 435. The second-order valence-corrected chi connectivity index (χ2v) is 7.46. The van der Waals surface area contributed by atoms with Crippen LogP contribution in [0.25, 0.3) is 0 Å². The summed E-state index contributed by atoms with van der Waals surface area (Å²) in [6.45, 7) is 14.5. The lowest BCUT2D eigenvalue weighted by atomic mass is 9.83. The van der Waals surface area contributed by atoms with Gasteiger partial charge in [-0.15, -0.1) is 0 Å². The normalized spacial score (nSPS) is 12.2. The fourth-order valence-electron chi connectivity index (χ4n) is 2.33. The Morgan fingerprint density at radius 1 is 1.10 bits per heavy atom. The molecule has 0 fully saturated rings. The quantitative estimate of drug-likeness (QED) is 0.719. The molecule has 0 aromatic heterocycles. The van der Waals surface area contributed by atoms with Crippen molar-refractivity contribution in [1.29, 1.82) is 0 Å². The third kappa shape index (κ3) is 5.85. The smallest absolute Gasteiger partial charge is 0.0440 e. The van der Waals surface area contributed by atoms with E-state index in [1.165, 1.54) is 29.5 Å². The van der Waals surface area contributed by atoms with Crippen LogP contribution >= 0.6 is 11.6 Å². The van der Waals surface area contributed by atoms with E-state index in [0.717, 1.165) is 18.0 Å². The minimum absolute atomic E-state index is 0.351. The van der Waals surface area contributed by atoms with E-state index < -0.39 is 0 Å². The highest BCUT2D eigenvalue weighted by molar-refractivity contribution is 6.31. The van der Waals surface area contributed by atoms with Crippen molar-refractivity contribution < 1.29 is 0 Å². The molecule has 0 aliphatic heterocycles. The Hall–Kier alpha value is -0.530. The molecule has 0 bridgehead atoms. The predicted molar refractivity (Wildman–Crippen MR) is 90.8 cm³/mol. The van der Waals surface area contributed by atoms with Crippen LogP contribution in [0.15, 0.2) is 12.1 Å². The van der Waals surface area contributed by atoms with E-state index >= 15 is 0 Å². The highest BCUT2D eigenvalue weighted by Gasteiger charge is 2.18. The van der Waals surface area contributed by atoms with Gasteiger partial charge in [0.25, 0.3) is 0 Å². The van der Waals surface area contributed by atoms with Crippen molar-refractivity contribution >= 4 is 11.6 Å². The van der Waals surface area contributed by atoms with Gasteiger partial charge in [-0.05, 0) is 67.8 Å². The molecule has 0 heterocycles. The van der Waals surface area contributed by atoms with Crippen LogP contribution in [0.2, 0.25) is 5.02 Å². The molecular formula is C18H30ClN. The van der Waals surface area contributed by atoms with Crippen molar-refractivity contribution in [2.24, 2.45) is 5.41 Å². The lowest BCUT2D eigenvalue weighted by Crippen LogP contribution is -2.28. The SMILES string of the molecule is Cc1cc(Cl)c(CCC(C)(C)CCNC(C)C)cc1C. The molecule has 1 aromatic rings. The van der Waals surface area contributed by atoms with Crippen molar-refractivity contribution in [2.45, 2.75) is 66.8 Å². The zero-order valence-electron chi connectivity index (χ0n) is 13.9. The molecule has 20 heavy (non-hydrogen) atoms. The maximum absolute atomic E-state index is 6.36. The van der Waals surface area contributed by atoms with Crippen LogP contribution in [-0.4, -0.2) is 12.6 Å². The van der Waals surface area contributed by atoms with Crippen LogP contribution in [-0.2, 0) is 6.42 Å². The molecule has 0 atom stereocenters. The highest BCUT2D eigenvalue weighted by atomic mass is 35.5. The zero-order chi connectivity index (χ0) is 15.3. The fraction of sp³-hybridized carbons (Fsp3) is 0.667. The maximum Gasteiger partial charge on any atom is 0.0440 e. The van der Waals surface area contributed by atoms with Crippen molar-refractivity contribution in [3.8, 4) is 0 Å². The standard InChI is InChI=1S/C18H30ClN/c1-13(2)20-10-9-18(5,6)8-7-16-11-14(3)15(4)12-17(16)19/h11-13,20H,7-10H2,1-6H3. The van der Waals surface area contributed by atoms with E-state index in [2.05, 4.69) is 59.0 Å². The van der Waals surface area contributed by atoms with Crippen LogP contribution < -0.4 is 5.32 Å². The summed E-state index contributed by atoms with van der Waals surface area (Å²) < 4.78 is 0. The number of rotatable bonds is 7. The number of benzene rings is 1. The maximum atomic E-state index is 6.36. The van der Waals surface area contributed by atoms with E-state index in [1.54, 1.807) is 0 Å². The first kappa shape index (κ1) is 17.5. The topological polar surface area (TPSA) is 12.0 Å². The zero-order valence-corrected chi connectivity index (χ0v) is 14.7. The average Bonchev–Trinajstić information content (AvgIpc) is 2.31. The minimum Gasteiger partial charge on any atom is -0.315 e. The lowest BCUT2D eigenvalue weighted by molar-refractivity contribution is 0.298. The minimum atomic E-state index is 0.351. The fourth-order valence-corrected chi connectivity index (χ4v) is 2.64. The first-order valence-electron chi connectivity index (χ1n) is 7.70. The van der Waals surface area contributed by atoms with Crippen molar-refractivity contribution in [3.05, 3.63) is 33.8 Å². The highest BCUT2D eigenvalue weighted by Crippen LogP contribution is 2.29. The van der Waals surface area contributed by atoms with Gasteiger partial charge in [0.15, 0.2) is 0 Å². The molecule has 0 spiro atoms. The van der Waals surface area contributed by atoms with Crippen LogP contribution in [0.4, 0.5) is 0 Å². The van der Waals surface area contributed by atoms with E-state index in [4.69, 9.17) is 11.6 Å². The molecule has 0 aliphatic carbocycles. The largest absolute Gasteiger partial charge is 0.315 e. The van der Waals surface area contributed by atoms with E-state index in [0.29, 0.717) is 11.5 Å². The molecule has 0 unspecified atom stereocenters. The molecule has 0 aliphatic rings. The second-order valence-electron chi connectivity index (χ2n) is 7.05. The summed E-state index contributed by atoms with van der Waals surface area (Å²) in [4.78, 5) is 0. The number of hydrogen-bond acceptors (Lipinski definition) is 1. The number of nitrogens with one attached hydrogen (secondary N) is 1. The van der Waals surface area contributed by atoms with Crippen molar-refractivity contribution in [2.75, 3.05) is 6.54 Å². The Labute approximate surface area is 130 Å². The van der Waals surface area contributed by atoms with Crippen LogP contribution in [0, 0.1) is 19.3 Å². The molecule has 1 nitrogen and oxygen atoms in total. The summed E-state index contributed by atoms with van der Waals surface area (Å²) in [5.41, 5.74) is 4.26. The molecule has 114 valence electrons. The molecule has 1 rings (SSSR count). The molecule has 0 saturated carbocycles. The summed E-state index contributed by atoms with van der Waals surface area (Å²) in [5, 5.41) is 4.42. The molecule has 1 N–H and O–H groups in total. The number of aryl methyl sites for hydroxylation is 3. The van der Waals surface area contributed by atoms with Gasteiger partial charge in [0.2, 0.25) is 0 Å². The second kappa shape index (κ2) is 7.47. The van der Waals surface area contributed by atoms with Gasteiger partial charge in [-0.25, -0.2) is 0 Å². The molecule has 2 heteroatoms. The summed E-state index contributed by atoms with van der Waals surface area (Å²) in [6.07, 6.45) is 3.44. The summed E-state index contributed by atoms with van der Waals surface area (Å²) in [5.74, 6) is 0. The van der Waals surface area contributed by atoms with Gasteiger partial charge in [0, 0.05) is 11.1 Å². The molecule has 0 saturated heterocycles. The van der Waals surface area contributed by atoms with Gasteiger partial charge >= 0.3 is 0 Å². The molecular weight excluding hydrogens is 266 g/mol. The van der Waals surface area contributed by atoms with Crippen molar-refractivity contribution in [1.82, 2.24) is 5.32 Å². The lowest BCUT2D eigenvalue weighted by Gasteiger charge is -2.26. The predicted octanol–water partition coefficient (Wildman–Crippen LogP) is 5.30. The third-order valence-corrected chi connectivity index (χ3v) is 4.44. The average molecular weight is 296 g/mol. The van der Waals surface area contributed by atoms with Crippen LogP contribution in [0.5, 0.6) is 0 Å². The Kier molecular flexibility index (Phi) is 6.54. The summed E-state index contributed by atoms with van der Waals surface area (Å²) in [6, 6.07) is 4.92.